The molecule has 3 rings (SSSR count). The third kappa shape index (κ3) is 7.28. The van der Waals surface area contributed by atoms with Crippen LogP contribution < -0.4 is 10.6 Å². The zero-order valence-corrected chi connectivity index (χ0v) is 22.0. The molecular weight excluding hydrogens is 551 g/mol. The lowest BCUT2D eigenvalue weighted by atomic mass is 10.1. The molecule has 2 aromatic rings. The highest BCUT2D eigenvalue weighted by Crippen LogP contribution is 2.35. The Morgan fingerprint density at radius 2 is 1.78 bits per heavy atom. The maximum absolute atomic E-state index is 12.4. The number of amides is 1. The van der Waals surface area contributed by atoms with Crippen LogP contribution in [0.5, 0.6) is 0 Å². The minimum absolute atomic E-state index is 0.0265. The van der Waals surface area contributed by atoms with Crippen LogP contribution in [0.25, 0.3) is 0 Å². The number of halogens is 3. The molecule has 192 valence electrons. The smallest absolute Gasteiger partial charge is 0.413 e. The van der Waals surface area contributed by atoms with Crippen LogP contribution in [0.3, 0.4) is 0 Å². The predicted octanol–water partition coefficient (Wildman–Crippen LogP) is 3.62. The van der Waals surface area contributed by atoms with Crippen molar-refractivity contribution in [1.29, 1.82) is 0 Å². The molecular formula is C23H23Cl3N4O5S. The van der Waals surface area contributed by atoms with E-state index in [2.05, 4.69) is 15.6 Å². The van der Waals surface area contributed by atoms with Gasteiger partial charge in [0.15, 0.2) is 15.6 Å². The molecule has 13 heteroatoms. The summed E-state index contributed by atoms with van der Waals surface area (Å²) in [6.07, 6.45) is 1.86. The van der Waals surface area contributed by atoms with Crippen molar-refractivity contribution in [2.24, 2.45) is 4.99 Å². The molecule has 2 aromatic carbocycles. The number of hydrogen-bond acceptors (Lipinski definition) is 7. The Kier molecular flexibility index (Phi) is 9.89. The first-order valence-corrected chi connectivity index (χ1v) is 13.5. The number of rotatable bonds is 11. The number of aliphatic imine (C=N–C) groups is 1. The van der Waals surface area contributed by atoms with Gasteiger partial charge in [-0.2, -0.15) is 0 Å². The van der Waals surface area contributed by atoms with Crippen molar-refractivity contribution in [1.82, 2.24) is 15.5 Å². The van der Waals surface area contributed by atoms with E-state index in [-0.39, 0.29) is 38.8 Å². The van der Waals surface area contributed by atoms with Crippen LogP contribution in [0.15, 0.2) is 58.4 Å². The highest BCUT2D eigenvalue weighted by Gasteiger charge is 2.24. The number of nitrogens with one attached hydrogen (secondary N) is 2. The summed E-state index contributed by atoms with van der Waals surface area (Å²) in [4.78, 5) is 28.6. The number of amidine groups is 1. The fourth-order valence-electron chi connectivity index (χ4n) is 3.33. The number of nitrogens with zero attached hydrogens (tertiary/aromatic N) is 2. The van der Waals surface area contributed by atoms with Crippen molar-refractivity contribution in [2.45, 2.75) is 11.4 Å². The van der Waals surface area contributed by atoms with E-state index in [9.17, 15) is 23.1 Å². The third-order valence-electron chi connectivity index (χ3n) is 5.11. The number of carbonyl (C=O) groups excluding carboxylic acids is 1. The van der Waals surface area contributed by atoms with Crippen LogP contribution in [0.4, 0.5) is 4.79 Å². The predicted molar refractivity (Wildman–Crippen MR) is 140 cm³/mol. The van der Waals surface area contributed by atoms with Crippen LogP contribution in [0.1, 0.15) is 11.1 Å². The van der Waals surface area contributed by atoms with Gasteiger partial charge in [-0.1, -0.05) is 65.1 Å². The van der Waals surface area contributed by atoms with Crippen LogP contribution >= 0.6 is 34.8 Å². The van der Waals surface area contributed by atoms with Crippen LogP contribution in [0.2, 0.25) is 15.1 Å². The summed E-state index contributed by atoms with van der Waals surface area (Å²) in [5.74, 6) is -0.140. The fourth-order valence-corrected chi connectivity index (χ4v) is 5.47. The molecule has 0 atom stereocenters. The van der Waals surface area contributed by atoms with E-state index in [1.54, 1.807) is 12.1 Å². The summed E-state index contributed by atoms with van der Waals surface area (Å²) in [5, 5.41) is 15.0. The second-order valence-corrected chi connectivity index (χ2v) is 10.8. The summed E-state index contributed by atoms with van der Waals surface area (Å²) in [5.41, 5.74) is 1.64. The number of carbonyl (C=O) groups is 2. The van der Waals surface area contributed by atoms with Gasteiger partial charge >= 0.3 is 6.09 Å². The summed E-state index contributed by atoms with van der Waals surface area (Å²) in [6, 6.07) is 9.93. The molecule has 0 saturated carbocycles. The molecule has 1 amide bonds. The maximum Gasteiger partial charge on any atom is 0.413 e. The third-order valence-corrected chi connectivity index (χ3v) is 8.11. The normalized spacial score (nSPS) is 13.9. The summed E-state index contributed by atoms with van der Waals surface area (Å²) in [6.45, 7) is 1.48. The minimum atomic E-state index is -3.75. The van der Waals surface area contributed by atoms with E-state index in [0.29, 0.717) is 31.0 Å². The molecule has 1 heterocycles. The molecule has 0 bridgehead atoms. The molecule has 3 N–H and O–H groups in total. The van der Waals surface area contributed by atoms with E-state index in [1.165, 1.54) is 29.2 Å². The Morgan fingerprint density at radius 1 is 1.06 bits per heavy atom. The van der Waals surface area contributed by atoms with Crippen LogP contribution in [-0.2, 0) is 21.2 Å². The Hall–Kier alpha value is -2.47. The number of ketones is 1. The standard InChI is InChI=1S/C23H23Cl3N4O5S/c24-18-7-8-19(21(26)20(18)25)36(34,35)14-27-9-1-2-17(31)13-28-12-15-3-5-16(6-4-15)22-29-10-11-30(22)23(32)33/h1-8,27-28H,9-14H2,(H,32,33). The van der Waals surface area contributed by atoms with Gasteiger partial charge in [-0.3, -0.25) is 20.0 Å². The number of benzene rings is 2. The van der Waals surface area contributed by atoms with Gasteiger partial charge in [0.2, 0.25) is 0 Å². The first-order chi connectivity index (χ1) is 17.1. The van der Waals surface area contributed by atoms with Gasteiger partial charge in [0, 0.05) is 18.7 Å². The second kappa shape index (κ2) is 12.7. The molecule has 0 spiro atoms. The van der Waals surface area contributed by atoms with Crippen molar-refractivity contribution >= 4 is 62.4 Å². The second-order valence-electron chi connectivity index (χ2n) is 7.70. The van der Waals surface area contributed by atoms with Crippen molar-refractivity contribution in [3.8, 4) is 0 Å². The summed E-state index contributed by atoms with van der Waals surface area (Å²) in [7, 11) is -3.75. The molecule has 0 aromatic heterocycles. The van der Waals surface area contributed by atoms with E-state index in [4.69, 9.17) is 34.8 Å². The lowest BCUT2D eigenvalue weighted by Crippen LogP contribution is -2.33. The van der Waals surface area contributed by atoms with Crippen LogP contribution in [0, 0.1) is 0 Å². The lowest BCUT2D eigenvalue weighted by Gasteiger charge is -2.14. The summed E-state index contributed by atoms with van der Waals surface area (Å²) < 4.78 is 24.9. The molecule has 0 radical (unpaired) electrons. The first kappa shape index (κ1) is 28.1. The average Bonchev–Trinajstić information content (AvgIpc) is 3.33. The Labute approximate surface area is 223 Å². The van der Waals surface area contributed by atoms with Gasteiger partial charge in [-0.25, -0.2) is 13.2 Å². The summed E-state index contributed by atoms with van der Waals surface area (Å²) >= 11 is 17.7. The molecule has 9 nitrogen and oxygen atoms in total. The molecule has 36 heavy (non-hydrogen) atoms. The molecule has 0 unspecified atom stereocenters. The minimum Gasteiger partial charge on any atom is -0.465 e. The number of carboxylic acid groups (broad SMARTS) is 1. The van der Waals surface area contributed by atoms with E-state index < -0.39 is 21.8 Å². The Balaban J connectivity index is 1.39. The van der Waals surface area contributed by atoms with Crippen molar-refractivity contribution in [2.75, 3.05) is 32.1 Å². The molecule has 1 aliphatic rings. The fraction of sp³-hybridized carbons (Fsp3) is 0.261. The largest absolute Gasteiger partial charge is 0.465 e. The maximum atomic E-state index is 12.4. The van der Waals surface area contributed by atoms with Crippen molar-refractivity contribution in [3.63, 3.8) is 0 Å². The van der Waals surface area contributed by atoms with Crippen molar-refractivity contribution in [3.05, 3.63) is 74.7 Å². The van der Waals surface area contributed by atoms with E-state index in [1.807, 2.05) is 12.1 Å². The van der Waals surface area contributed by atoms with E-state index in [0.717, 1.165) is 5.56 Å². The average molecular weight is 574 g/mol. The van der Waals surface area contributed by atoms with Gasteiger partial charge < -0.3 is 10.4 Å². The Bertz CT molecular complexity index is 1300. The van der Waals surface area contributed by atoms with Gasteiger partial charge in [0.1, 0.15) is 11.7 Å². The van der Waals surface area contributed by atoms with Gasteiger partial charge in [0.25, 0.3) is 0 Å². The Morgan fingerprint density at radius 3 is 2.47 bits per heavy atom. The lowest BCUT2D eigenvalue weighted by molar-refractivity contribution is -0.113. The topological polar surface area (TPSA) is 128 Å². The molecule has 0 fully saturated rings. The van der Waals surface area contributed by atoms with Crippen LogP contribution in [-0.4, -0.2) is 68.2 Å². The monoisotopic (exact) mass is 572 g/mol. The molecule has 0 aliphatic carbocycles. The van der Waals surface area contributed by atoms with Gasteiger partial charge in [0.05, 0.1) is 39.6 Å². The molecule has 0 saturated heterocycles. The zero-order chi connectivity index (χ0) is 26.3. The van der Waals surface area contributed by atoms with Gasteiger partial charge in [-0.05, 0) is 23.8 Å². The number of hydrogen-bond donors (Lipinski definition) is 3. The zero-order valence-electron chi connectivity index (χ0n) is 18.9. The SMILES string of the molecule is O=C(C=CCNCS(=O)(=O)c1ccc(Cl)c(Cl)c1Cl)CNCc1ccc(C2=NCCN2C(=O)O)cc1. The molecule has 1 aliphatic heterocycles. The van der Waals surface area contributed by atoms with Crippen molar-refractivity contribution < 1.29 is 23.1 Å². The highest BCUT2D eigenvalue weighted by atomic mass is 35.5. The quantitative estimate of drug-likeness (QED) is 0.213. The number of sulfone groups is 1. The van der Waals surface area contributed by atoms with Gasteiger partial charge in [-0.15, -0.1) is 0 Å². The van der Waals surface area contributed by atoms with E-state index >= 15 is 0 Å². The first-order valence-electron chi connectivity index (χ1n) is 10.7. The highest BCUT2D eigenvalue weighted by molar-refractivity contribution is 7.91.